The second-order valence-corrected chi connectivity index (χ2v) is 6.47. The van der Waals surface area contributed by atoms with Gasteiger partial charge in [-0.2, -0.15) is 11.3 Å². The van der Waals surface area contributed by atoms with Crippen LogP contribution in [0.3, 0.4) is 0 Å². The topological polar surface area (TPSA) is 20.3 Å². The quantitative estimate of drug-likeness (QED) is 0.707. The molecule has 0 spiro atoms. The molecule has 1 atom stereocenters. The highest BCUT2D eigenvalue weighted by molar-refractivity contribution is 7.07. The Morgan fingerprint density at radius 2 is 2.05 bits per heavy atom. The lowest BCUT2D eigenvalue weighted by Gasteiger charge is -2.30. The molecular weight excluding hydrogens is 278 g/mol. The molecule has 1 unspecified atom stereocenters. The maximum absolute atomic E-state index is 12.8. The predicted octanol–water partition coefficient (Wildman–Crippen LogP) is 4.37. The van der Waals surface area contributed by atoms with E-state index in [9.17, 15) is 4.79 Å². The molecule has 110 valence electrons. The number of carbonyl (C=O) groups excluding carboxylic acids is 1. The zero-order chi connectivity index (χ0) is 14.7. The summed E-state index contributed by atoms with van der Waals surface area (Å²) in [5.74, 6) is 0.264. The van der Waals surface area contributed by atoms with Gasteiger partial charge >= 0.3 is 0 Å². The molecule has 0 saturated heterocycles. The minimum absolute atomic E-state index is 0.000185. The van der Waals surface area contributed by atoms with Gasteiger partial charge in [-0.3, -0.25) is 9.69 Å². The van der Waals surface area contributed by atoms with Crippen LogP contribution in [0.2, 0.25) is 0 Å². The minimum atomic E-state index is -0.000185. The van der Waals surface area contributed by atoms with E-state index in [1.54, 1.807) is 11.3 Å². The molecule has 0 amide bonds. The van der Waals surface area contributed by atoms with E-state index < -0.39 is 0 Å². The maximum Gasteiger partial charge on any atom is 0.179 e. The molecule has 0 N–H and O–H groups in total. The lowest BCUT2D eigenvalue weighted by Crippen LogP contribution is -2.41. The van der Waals surface area contributed by atoms with E-state index >= 15 is 0 Å². The molecule has 2 aromatic rings. The first-order chi connectivity index (χ1) is 10.3. The summed E-state index contributed by atoms with van der Waals surface area (Å²) in [7, 11) is 0. The number of benzene rings is 1. The molecule has 1 aliphatic rings. The number of hydrogen-bond donors (Lipinski definition) is 0. The molecular formula is C18H21NOS. The van der Waals surface area contributed by atoms with Crippen LogP contribution in [-0.4, -0.2) is 22.8 Å². The van der Waals surface area contributed by atoms with Crippen molar-refractivity contribution >= 4 is 17.1 Å². The number of ketones is 1. The van der Waals surface area contributed by atoms with Crippen LogP contribution < -0.4 is 0 Å². The van der Waals surface area contributed by atoms with Crippen LogP contribution in [0.15, 0.2) is 47.2 Å². The largest absolute Gasteiger partial charge is 0.292 e. The molecule has 21 heavy (non-hydrogen) atoms. The van der Waals surface area contributed by atoms with Crippen LogP contribution in [0.1, 0.15) is 42.1 Å². The molecule has 1 aromatic heterocycles. The normalized spacial score (nSPS) is 16.1. The molecule has 0 radical (unpaired) electrons. The highest BCUT2D eigenvalue weighted by Crippen LogP contribution is 2.32. The fraction of sp³-hybridized carbons (Fsp3) is 0.389. The summed E-state index contributed by atoms with van der Waals surface area (Å²) in [4.78, 5) is 15.3. The smallest absolute Gasteiger partial charge is 0.179 e. The Balaban J connectivity index is 1.80. The zero-order valence-electron chi connectivity index (χ0n) is 12.4. The molecule has 1 saturated carbocycles. The minimum Gasteiger partial charge on any atom is -0.292 e. The summed E-state index contributed by atoms with van der Waals surface area (Å²) >= 11 is 1.73. The molecule has 1 aromatic carbocycles. The van der Waals surface area contributed by atoms with Gasteiger partial charge < -0.3 is 0 Å². The first-order valence-corrected chi connectivity index (χ1v) is 8.60. The van der Waals surface area contributed by atoms with Crippen molar-refractivity contribution in [2.24, 2.45) is 0 Å². The van der Waals surface area contributed by atoms with Crippen molar-refractivity contribution in [3.63, 3.8) is 0 Å². The van der Waals surface area contributed by atoms with Crippen molar-refractivity contribution in [2.75, 3.05) is 0 Å². The standard InChI is InChI=1S/C18H21NOS/c1-2-17(18(20)15-6-4-3-5-7-15)19(16-8-9-16)12-14-10-11-21-13-14/h3-7,10-11,13,16-17H,2,8-9,12H2,1H3. The molecule has 0 bridgehead atoms. The number of rotatable bonds is 7. The van der Waals surface area contributed by atoms with Crippen molar-refractivity contribution < 1.29 is 4.79 Å². The van der Waals surface area contributed by atoms with E-state index in [0.717, 1.165) is 18.5 Å². The Morgan fingerprint density at radius 3 is 2.62 bits per heavy atom. The third-order valence-corrected chi connectivity index (χ3v) is 4.84. The van der Waals surface area contributed by atoms with Gasteiger partial charge in [-0.05, 0) is 41.7 Å². The lowest BCUT2D eigenvalue weighted by atomic mass is 10.00. The number of nitrogens with zero attached hydrogens (tertiary/aromatic N) is 1. The number of Topliss-reactive ketones (excluding diaryl/α,β-unsaturated/α-hetero) is 1. The first-order valence-electron chi connectivity index (χ1n) is 7.65. The second kappa shape index (κ2) is 6.54. The van der Waals surface area contributed by atoms with Crippen LogP contribution in [0.5, 0.6) is 0 Å². The Morgan fingerprint density at radius 1 is 1.29 bits per heavy atom. The van der Waals surface area contributed by atoms with Crippen LogP contribution in [0.25, 0.3) is 0 Å². The Labute approximate surface area is 130 Å². The molecule has 3 rings (SSSR count). The average Bonchev–Trinajstić information content (AvgIpc) is 3.25. The number of hydrogen-bond acceptors (Lipinski definition) is 3. The second-order valence-electron chi connectivity index (χ2n) is 5.69. The highest BCUT2D eigenvalue weighted by atomic mass is 32.1. The Bertz CT molecular complexity index is 575. The summed E-state index contributed by atoms with van der Waals surface area (Å²) in [5.41, 5.74) is 2.16. The van der Waals surface area contributed by atoms with Gasteiger partial charge in [-0.1, -0.05) is 37.3 Å². The van der Waals surface area contributed by atoms with Crippen molar-refractivity contribution in [1.82, 2.24) is 4.90 Å². The third kappa shape index (κ3) is 3.42. The number of carbonyl (C=O) groups is 1. The fourth-order valence-electron chi connectivity index (χ4n) is 2.86. The van der Waals surface area contributed by atoms with Crippen molar-refractivity contribution in [1.29, 1.82) is 0 Å². The number of thiophene rings is 1. The van der Waals surface area contributed by atoms with Gasteiger partial charge in [0.05, 0.1) is 6.04 Å². The van der Waals surface area contributed by atoms with Gasteiger partial charge in [0.25, 0.3) is 0 Å². The molecule has 0 aliphatic heterocycles. The lowest BCUT2D eigenvalue weighted by molar-refractivity contribution is 0.0784. The van der Waals surface area contributed by atoms with Gasteiger partial charge in [0, 0.05) is 18.2 Å². The van der Waals surface area contributed by atoms with Crippen molar-refractivity contribution in [2.45, 2.75) is 44.8 Å². The SMILES string of the molecule is CCC(C(=O)c1ccccc1)N(Cc1ccsc1)C1CC1. The van der Waals surface area contributed by atoms with E-state index in [1.165, 1.54) is 18.4 Å². The summed E-state index contributed by atoms with van der Waals surface area (Å²) in [5, 5.41) is 4.30. The van der Waals surface area contributed by atoms with Crippen LogP contribution in [-0.2, 0) is 6.54 Å². The molecule has 1 heterocycles. The van der Waals surface area contributed by atoms with E-state index in [1.807, 2.05) is 30.3 Å². The first kappa shape index (κ1) is 14.5. The molecule has 1 fully saturated rings. The van der Waals surface area contributed by atoms with Gasteiger partial charge in [0.1, 0.15) is 0 Å². The summed E-state index contributed by atoms with van der Waals surface area (Å²) < 4.78 is 0. The van der Waals surface area contributed by atoms with E-state index in [0.29, 0.717) is 6.04 Å². The molecule has 3 heteroatoms. The zero-order valence-corrected chi connectivity index (χ0v) is 13.2. The fourth-order valence-corrected chi connectivity index (χ4v) is 3.52. The van der Waals surface area contributed by atoms with Gasteiger partial charge in [-0.15, -0.1) is 0 Å². The molecule has 2 nitrogen and oxygen atoms in total. The van der Waals surface area contributed by atoms with Crippen molar-refractivity contribution in [3.8, 4) is 0 Å². The van der Waals surface area contributed by atoms with Crippen LogP contribution >= 0.6 is 11.3 Å². The van der Waals surface area contributed by atoms with E-state index in [4.69, 9.17) is 0 Å². The Hall–Kier alpha value is -1.45. The highest BCUT2D eigenvalue weighted by Gasteiger charge is 2.36. The van der Waals surface area contributed by atoms with Gasteiger partial charge in [0.15, 0.2) is 5.78 Å². The van der Waals surface area contributed by atoms with Crippen molar-refractivity contribution in [3.05, 3.63) is 58.3 Å². The van der Waals surface area contributed by atoms with Crippen LogP contribution in [0.4, 0.5) is 0 Å². The Kier molecular flexibility index (Phi) is 4.51. The van der Waals surface area contributed by atoms with Crippen LogP contribution in [0, 0.1) is 0 Å². The molecule has 1 aliphatic carbocycles. The average molecular weight is 299 g/mol. The maximum atomic E-state index is 12.8. The van der Waals surface area contributed by atoms with Gasteiger partial charge in [0.2, 0.25) is 0 Å². The third-order valence-electron chi connectivity index (χ3n) is 4.11. The summed E-state index contributed by atoms with van der Waals surface area (Å²) in [6.45, 7) is 3.01. The van der Waals surface area contributed by atoms with Gasteiger partial charge in [-0.25, -0.2) is 0 Å². The monoisotopic (exact) mass is 299 g/mol. The summed E-state index contributed by atoms with van der Waals surface area (Å²) in [6, 6.07) is 12.5. The van der Waals surface area contributed by atoms with E-state index in [2.05, 4.69) is 28.7 Å². The predicted molar refractivity (Wildman–Crippen MR) is 87.7 cm³/mol. The van der Waals surface area contributed by atoms with E-state index in [-0.39, 0.29) is 11.8 Å². The summed E-state index contributed by atoms with van der Waals surface area (Å²) in [6.07, 6.45) is 3.32.